The lowest BCUT2D eigenvalue weighted by molar-refractivity contribution is -0.360. The van der Waals surface area contributed by atoms with Crippen LogP contribution in [0.5, 0.6) is 0 Å². The summed E-state index contributed by atoms with van der Waals surface area (Å²) < 4.78 is 65.3. The Bertz CT molecular complexity index is 2130. The zero-order valence-corrected chi connectivity index (χ0v) is 65.5. The van der Waals surface area contributed by atoms with Crippen molar-refractivity contribution in [2.24, 2.45) is 0 Å². The average Bonchev–Trinajstić information content (AvgIpc) is 0.761. The fourth-order valence-electron chi connectivity index (χ4n) is 14.1. The SMILES string of the molecule is CCCCCCCCCCCCCCCCCCCC(=O)OCC1OC(OC2C(O)C(O)C(O)C(OC3OC(CO)C(O)C(O)C3O)C2OP(=O)(O)OCC(COC(=O)CCCCCCCCCCCCCCCCCC)OC(=O)CCCCCCCCCCCCCCCCCC)C(O)C(O)C1O. The molecule has 2 heterocycles. The maximum atomic E-state index is 14.4. The number of hydrogen-bond acceptors (Lipinski definition) is 23. The summed E-state index contributed by atoms with van der Waals surface area (Å²) in [5.74, 6) is -1.96. The van der Waals surface area contributed by atoms with Crippen LogP contribution in [-0.4, -0.2) is 204 Å². The molecular weight excluding hydrogens is 1360 g/mol. The Morgan fingerprint density at radius 3 is 0.942 bits per heavy atom. The number of aliphatic hydroxyl groups excluding tert-OH is 10. The van der Waals surface area contributed by atoms with Gasteiger partial charge in [-0.2, -0.15) is 0 Å². The van der Waals surface area contributed by atoms with Gasteiger partial charge in [0, 0.05) is 19.3 Å². The standard InChI is InChI=1S/C79H149O24P/c1-4-7-10-13-16-19-22-25-28-31-34-36-39-42-45-48-51-54-64(82)96-59-62-67(85)69(87)74(92)79(100-62)102-76-72(90)70(88)71(89)75(101-78-73(91)68(86)66(84)61(56-80)99-78)77(76)103-104(93,94)97-58-60(98-65(83)55-52-49-46-43-40-37-33-30-27-24-21-18-15-12-9-6-3)57-95-63(81)53-50-47-44-41-38-35-32-29-26-23-20-17-14-11-8-5-2/h60-62,66-80,84-92H,4-59H2,1-3H3,(H,93,94). The molecule has 18 atom stereocenters. The van der Waals surface area contributed by atoms with Crippen molar-refractivity contribution in [3.63, 3.8) is 0 Å². The molecule has 0 aromatic heterocycles. The Balaban J connectivity index is 1.68. The van der Waals surface area contributed by atoms with Crippen molar-refractivity contribution in [3.8, 4) is 0 Å². The van der Waals surface area contributed by atoms with Gasteiger partial charge in [-0.3, -0.25) is 23.4 Å². The fourth-order valence-corrected chi connectivity index (χ4v) is 15.1. The van der Waals surface area contributed by atoms with Gasteiger partial charge in [0.25, 0.3) is 0 Å². The molecule has 2 saturated heterocycles. The Labute approximate surface area is 625 Å². The summed E-state index contributed by atoms with van der Waals surface area (Å²) in [5, 5.41) is 110. The molecule has 104 heavy (non-hydrogen) atoms. The van der Waals surface area contributed by atoms with Crippen LogP contribution in [0.2, 0.25) is 0 Å². The summed E-state index contributed by atoms with van der Waals surface area (Å²) in [5.41, 5.74) is 0. The van der Waals surface area contributed by atoms with Gasteiger partial charge >= 0.3 is 25.7 Å². The number of rotatable bonds is 67. The number of carbonyl (C=O) groups is 3. The molecule has 2 aliphatic heterocycles. The third-order valence-corrected chi connectivity index (χ3v) is 21.9. The summed E-state index contributed by atoms with van der Waals surface area (Å²) in [6.07, 6.45) is 21.2. The van der Waals surface area contributed by atoms with Gasteiger partial charge in [0.2, 0.25) is 0 Å². The van der Waals surface area contributed by atoms with E-state index in [1.54, 1.807) is 0 Å². The van der Waals surface area contributed by atoms with Crippen molar-refractivity contribution < 1.29 is 117 Å². The molecule has 3 fully saturated rings. The van der Waals surface area contributed by atoms with Gasteiger partial charge in [0.05, 0.1) is 13.2 Å². The van der Waals surface area contributed by atoms with Crippen LogP contribution in [-0.2, 0) is 61.2 Å². The molecule has 18 unspecified atom stereocenters. The van der Waals surface area contributed by atoms with Crippen molar-refractivity contribution >= 4 is 25.7 Å². The molecule has 1 aliphatic carbocycles. The third kappa shape index (κ3) is 42.4. The van der Waals surface area contributed by atoms with E-state index in [0.717, 1.165) is 89.9 Å². The van der Waals surface area contributed by atoms with E-state index in [1.807, 2.05) is 0 Å². The first-order valence-electron chi connectivity index (χ1n) is 41.8. The largest absolute Gasteiger partial charge is 0.472 e. The van der Waals surface area contributed by atoms with Crippen LogP contribution in [0.15, 0.2) is 0 Å². The zero-order chi connectivity index (χ0) is 76.0. The Hall–Kier alpha value is -2.04. The van der Waals surface area contributed by atoms with E-state index in [9.17, 15) is 74.9 Å². The molecule has 3 aliphatic rings. The van der Waals surface area contributed by atoms with Gasteiger partial charge in [-0.05, 0) is 19.3 Å². The minimum atomic E-state index is -5.70. The van der Waals surface area contributed by atoms with Gasteiger partial charge in [-0.15, -0.1) is 0 Å². The van der Waals surface area contributed by atoms with Crippen molar-refractivity contribution in [2.45, 2.75) is 459 Å². The van der Waals surface area contributed by atoms with Crippen LogP contribution in [0.25, 0.3) is 0 Å². The summed E-state index contributed by atoms with van der Waals surface area (Å²) in [6.45, 7) is 3.53. The molecule has 24 nitrogen and oxygen atoms in total. The lowest BCUT2D eigenvalue weighted by Gasteiger charge is -2.49. The number of esters is 3. The van der Waals surface area contributed by atoms with Crippen molar-refractivity contribution in [2.75, 3.05) is 26.4 Å². The van der Waals surface area contributed by atoms with Crippen LogP contribution in [0, 0.1) is 0 Å². The second kappa shape index (κ2) is 60.7. The quantitative estimate of drug-likeness (QED) is 0.0117. The molecule has 0 spiro atoms. The minimum absolute atomic E-state index is 0.0325. The highest BCUT2D eigenvalue weighted by molar-refractivity contribution is 7.47. The van der Waals surface area contributed by atoms with Crippen LogP contribution < -0.4 is 0 Å². The smallest absolute Gasteiger partial charge is 0.463 e. The second-order valence-corrected chi connectivity index (χ2v) is 31.6. The monoisotopic (exact) mass is 1510 g/mol. The Kier molecular flexibility index (Phi) is 56.1. The summed E-state index contributed by atoms with van der Waals surface area (Å²) in [6, 6.07) is 0. The van der Waals surface area contributed by atoms with Crippen LogP contribution in [0.4, 0.5) is 0 Å². The van der Waals surface area contributed by atoms with E-state index in [-0.39, 0.29) is 19.3 Å². The van der Waals surface area contributed by atoms with Gasteiger partial charge in [0.1, 0.15) is 98.7 Å². The highest BCUT2D eigenvalue weighted by atomic mass is 31.2. The molecular formula is C79H149O24P. The maximum absolute atomic E-state index is 14.4. The molecule has 0 aromatic carbocycles. The van der Waals surface area contributed by atoms with Gasteiger partial charge in [-0.25, -0.2) is 4.57 Å². The number of phosphoric acid groups is 1. The van der Waals surface area contributed by atoms with Gasteiger partial charge < -0.3 is 89.1 Å². The molecule has 25 heteroatoms. The van der Waals surface area contributed by atoms with E-state index in [2.05, 4.69) is 20.8 Å². The number of phosphoric ester groups is 1. The lowest BCUT2D eigenvalue weighted by Crippen LogP contribution is -2.69. The topological polar surface area (TPSA) is 374 Å². The first-order chi connectivity index (χ1) is 50.3. The van der Waals surface area contributed by atoms with E-state index >= 15 is 0 Å². The number of unbranched alkanes of at least 4 members (excludes halogenated alkanes) is 46. The van der Waals surface area contributed by atoms with Gasteiger partial charge in [0.15, 0.2) is 18.7 Å². The van der Waals surface area contributed by atoms with Crippen LogP contribution >= 0.6 is 7.82 Å². The van der Waals surface area contributed by atoms with E-state index in [0.29, 0.717) is 19.3 Å². The van der Waals surface area contributed by atoms with E-state index < -0.39 is 156 Å². The lowest BCUT2D eigenvalue weighted by atomic mass is 9.84. The predicted octanol–water partition coefficient (Wildman–Crippen LogP) is 13.3. The predicted molar refractivity (Wildman–Crippen MR) is 398 cm³/mol. The minimum Gasteiger partial charge on any atom is -0.463 e. The highest BCUT2D eigenvalue weighted by Crippen LogP contribution is 2.49. The Morgan fingerprint density at radius 2 is 0.615 bits per heavy atom. The van der Waals surface area contributed by atoms with Crippen LogP contribution in [0.3, 0.4) is 0 Å². The molecule has 3 rings (SSSR count). The van der Waals surface area contributed by atoms with Gasteiger partial charge in [-0.1, -0.05) is 316 Å². The maximum Gasteiger partial charge on any atom is 0.472 e. The molecule has 0 aromatic rings. The van der Waals surface area contributed by atoms with E-state index in [1.165, 1.54) is 205 Å². The summed E-state index contributed by atoms with van der Waals surface area (Å²) in [7, 11) is -5.70. The van der Waals surface area contributed by atoms with Crippen molar-refractivity contribution in [3.05, 3.63) is 0 Å². The molecule has 11 N–H and O–H groups in total. The number of carbonyl (C=O) groups excluding carboxylic acids is 3. The third-order valence-electron chi connectivity index (χ3n) is 20.9. The Morgan fingerprint density at radius 1 is 0.337 bits per heavy atom. The fraction of sp³-hybridized carbons (Fsp3) is 0.962. The van der Waals surface area contributed by atoms with E-state index in [4.69, 9.17) is 42.2 Å². The highest BCUT2D eigenvalue weighted by Gasteiger charge is 2.58. The molecule has 1 saturated carbocycles. The number of aliphatic hydroxyl groups is 10. The number of hydrogen-bond donors (Lipinski definition) is 11. The number of ether oxygens (including phenoxy) is 7. The normalized spacial score (nSPS) is 26.7. The average molecular weight is 1510 g/mol. The first kappa shape index (κ1) is 96.2. The van der Waals surface area contributed by atoms with Crippen molar-refractivity contribution in [1.29, 1.82) is 0 Å². The van der Waals surface area contributed by atoms with Crippen LogP contribution in [0.1, 0.15) is 355 Å². The molecule has 0 amide bonds. The molecule has 0 bridgehead atoms. The summed E-state index contributed by atoms with van der Waals surface area (Å²) >= 11 is 0. The first-order valence-corrected chi connectivity index (χ1v) is 43.3. The second-order valence-electron chi connectivity index (χ2n) is 30.2. The van der Waals surface area contributed by atoms with Crippen molar-refractivity contribution in [1.82, 2.24) is 0 Å². The summed E-state index contributed by atoms with van der Waals surface area (Å²) in [4.78, 5) is 51.2. The molecule has 0 radical (unpaired) electrons. The molecule has 614 valence electrons. The zero-order valence-electron chi connectivity index (χ0n) is 64.6.